The van der Waals surface area contributed by atoms with E-state index in [1.165, 1.54) is 16.8 Å². The van der Waals surface area contributed by atoms with Crippen molar-refractivity contribution in [3.8, 4) is 0 Å². The van der Waals surface area contributed by atoms with Gasteiger partial charge in [-0.2, -0.15) is 0 Å². The van der Waals surface area contributed by atoms with Crippen LogP contribution in [0.4, 0.5) is 11.4 Å². The van der Waals surface area contributed by atoms with Crippen molar-refractivity contribution in [1.29, 1.82) is 0 Å². The van der Waals surface area contributed by atoms with Crippen LogP contribution in [0, 0.1) is 10.1 Å². The van der Waals surface area contributed by atoms with Crippen LogP contribution >= 0.6 is 0 Å². The number of anilines is 1. The van der Waals surface area contributed by atoms with Crippen molar-refractivity contribution in [2.45, 2.75) is 6.54 Å². The molecule has 7 nitrogen and oxygen atoms in total. The smallest absolute Gasteiger partial charge is 0.347 e. The Labute approximate surface area is 108 Å². The van der Waals surface area contributed by atoms with Crippen molar-refractivity contribution in [2.24, 2.45) is 0 Å². The highest BCUT2D eigenvalue weighted by atomic mass is 16.6. The average Bonchev–Trinajstić information content (AvgIpc) is 2.41. The third kappa shape index (κ3) is 2.59. The molecule has 0 amide bonds. The van der Waals surface area contributed by atoms with Crippen LogP contribution in [0.1, 0.15) is 5.56 Å². The van der Waals surface area contributed by atoms with Crippen LogP contribution in [-0.2, 0) is 6.54 Å². The first-order valence-corrected chi connectivity index (χ1v) is 5.59. The van der Waals surface area contributed by atoms with Gasteiger partial charge in [0.05, 0.1) is 11.5 Å². The SMILES string of the molecule is CNc1c(Cn2cccnc2=O)cccc1[N+](=O)[O-]. The molecule has 0 spiro atoms. The van der Waals surface area contributed by atoms with Gasteiger partial charge in [0, 0.05) is 31.1 Å². The molecule has 0 saturated heterocycles. The molecule has 0 saturated carbocycles. The van der Waals surface area contributed by atoms with Gasteiger partial charge in [-0.1, -0.05) is 12.1 Å². The summed E-state index contributed by atoms with van der Waals surface area (Å²) in [7, 11) is 1.61. The molecule has 2 rings (SSSR count). The third-order valence-electron chi connectivity index (χ3n) is 2.70. The summed E-state index contributed by atoms with van der Waals surface area (Å²) in [6.45, 7) is 0.227. The van der Waals surface area contributed by atoms with Crippen molar-refractivity contribution in [3.05, 3.63) is 62.8 Å². The molecule has 0 aliphatic carbocycles. The van der Waals surface area contributed by atoms with Gasteiger partial charge in [0.2, 0.25) is 0 Å². The van der Waals surface area contributed by atoms with E-state index in [0.29, 0.717) is 11.3 Å². The van der Waals surface area contributed by atoms with E-state index in [9.17, 15) is 14.9 Å². The topological polar surface area (TPSA) is 90.1 Å². The Kier molecular flexibility index (Phi) is 3.56. The molecular formula is C12H12N4O3. The average molecular weight is 260 g/mol. The molecule has 2 aromatic rings. The number of para-hydroxylation sites is 1. The van der Waals surface area contributed by atoms with Gasteiger partial charge in [0.1, 0.15) is 5.69 Å². The lowest BCUT2D eigenvalue weighted by Gasteiger charge is -2.10. The molecule has 0 bridgehead atoms. The van der Waals surface area contributed by atoms with E-state index >= 15 is 0 Å². The molecule has 0 radical (unpaired) electrons. The van der Waals surface area contributed by atoms with Crippen molar-refractivity contribution in [3.63, 3.8) is 0 Å². The summed E-state index contributed by atoms with van der Waals surface area (Å²) in [5.41, 5.74) is 0.656. The highest BCUT2D eigenvalue weighted by Gasteiger charge is 2.16. The van der Waals surface area contributed by atoms with Gasteiger partial charge in [-0.05, 0) is 6.07 Å². The Morgan fingerprint density at radius 2 is 2.21 bits per heavy atom. The fraction of sp³-hybridized carbons (Fsp3) is 0.167. The van der Waals surface area contributed by atoms with Gasteiger partial charge >= 0.3 is 5.69 Å². The largest absolute Gasteiger partial charge is 0.382 e. The number of rotatable bonds is 4. The van der Waals surface area contributed by atoms with Crippen molar-refractivity contribution in [2.75, 3.05) is 12.4 Å². The standard InChI is InChI=1S/C12H12N4O3/c1-13-11-9(4-2-5-10(11)16(18)19)8-15-7-3-6-14-12(15)17/h2-7,13H,8H2,1H3. The molecular weight excluding hydrogens is 248 g/mol. The maximum absolute atomic E-state index is 11.5. The van der Waals surface area contributed by atoms with Crippen molar-refractivity contribution >= 4 is 11.4 Å². The van der Waals surface area contributed by atoms with E-state index < -0.39 is 10.6 Å². The fourth-order valence-electron chi connectivity index (χ4n) is 1.85. The number of hydrogen-bond acceptors (Lipinski definition) is 5. The summed E-state index contributed by atoms with van der Waals surface area (Å²) in [5, 5.41) is 13.7. The highest BCUT2D eigenvalue weighted by Crippen LogP contribution is 2.27. The number of hydrogen-bond donors (Lipinski definition) is 1. The Morgan fingerprint density at radius 1 is 1.42 bits per heavy atom. The maximum Gasteiger partial charge on any atom is 0.347 e. The van der Waals surface area contributed by atoms with Gasteiger partial charge in [0.15, 0.2) is 0 Å². The van der Waals surface area contributed by atoms with Crippen LogP contribution in [0.25, 0.3) is 0 Å². The number of nitro benzene ring substituents is 1. The number of nitrogens with one attached hydrogen (secondary N) is 1. The molecule has 0 unspecified atom stereocenters. The zero-order valence-corrected chi connectivity index (χ0v) is 10.2. The molecule has 0 aliphatic rings. The first-order chi connectivity index (χ1) is 9.13. The predicted octanol–water partition coefficient (Wildman–Crippen LogP) is 1.24. The van der Waals surface area contributed by atoms with Gasteiger partial charge in [-0.15, -0.1) is 0 Å². The Morgan fingerprint density at radius 3 is 2.84 bits per heavy atom. The lowest BCUT2D eigenvalue weighted by molar-refractivity contribution is -0.384. The lowest BCUT2D eigenvalue weighted by atomic mass is 10.1. The zero-order valence-electron chi connectivity index (χ0n) is 10.2. The molecule has 19 heavy (non-hydrogen) atoms. The summed E-state index contributed by atoms with van der Waals surface area (Å²) in [6, 6.07) is 6.38. The number of nitro groups is 1. The van der Waals surface area contributed by atoms with Crippen LogP contribution in [-0.4, -0.2) is 21.5 Å². The second-order valence-electron chi connectivity index (χ2n) is 3.85. The van der Waals surface area contributed by atoms with E-state index in [0.717, 1.165) is 0 Å². The molecule has 7 heteroatoms. The van der Waals surface area contributed by atoms with E-state index in [-0.39, 0.29) is 12.2 Å². The third-order valence-corrected chi connectivity index (χ3v) is 2.70. The second kappa shape index (κ2) is 5.30. The summed E-state index contributed by atoms with van der Waals surface area (Å²) >= 11 is 0. The highest BCUT2D eigenvalue weighted by molar-refractivity contribution is 5.66. The molecule has 1 aromatic heterocycles. The number of benzene rings is 1. The molecule has 0 atom stereocenters. The number of aromatic nitrogens is 2. The van der Waals surface area contributed by atoms with Crippen LogP contribution in [0.2, 0.25) is 0 Å². The van der Waals surface area contributed by atoms with E-state index in [1.54, 1.807) is 31.4 Å². The molecule has 0 fully saturated rings. The quantitative estimate of drug-likeness (QED) is 0.659. The predicted molar refractivity (Wildman–Crippen MR) is 70.2 cm³/mol. The normalized spacial score (nSPS) is 10.2. The molecule has 1 aromatic carbocycles. The molecule has 1 heterocycles. The lowest BCUT2D eigenvalue weighted by Crippen LogP contribution is -2.22. The first kappa shape index (κ1) is 12.7. The van der Waals surface area contributed by atoms with E-state index in [1.807, 2.05) is 0 Å². The summed E-state index contributed by atoms with van der Waals surface area (Å²) in [6.07, 6.45) is 3.00. The maximum atomic E-state index is 11.5. The van der Waals surface area contributed by atoms with E-state index in [2.05, 4.69) is 10.3 Å². The minimum absolute atomic E-state index is 0.0167. The van der Waals surface area contributed by atoms with E-state index in [4.69, 9.17) is 0 Å². The van der Waals surface area contributed by atoms with Crippen molar-refractivity contribution < 1.29 is 4.92 Å². The van der Waals surface area contributed by atoms with Gasteiger partial charge in [-0.3, -0.25) is 14.7 Å². The molecule has 1 N–H and O–H groups in total. The zero-order chi connectivity index (χ0) is 13.8. The van der Waals surface area contributed by atoms with Gasteiger partial charge < -0.3 is 5.32 Å². The van der Waals surface area contributed by atoms with Crippen molar-refractivity contribution in [1.82, 2.24) is 9.55 Å². The van der Waals surface area contributed by atoms with Crippen LogP contribution in [0.5, 0.6) is 0 Å². The minimum Gasteiger partial charge on any atom is -0.382 e. The van der Waals surface area contributed by atoms with Gasteiger partial charge in [0.25, 0.3) is 5.69 Å². The molecule has 98 valence electrons. The summed E-state index contributed by atoms with van der Waals surface area (Å²) in [5.74, 6) is 0. The fourth-order valence-corrected chi connectivity index (χ4v) is 1.85. The van der Waals surface area contributed by atoms with Crippen LogP contribution in [0.15, 0.2) is 41.5 Å². The summed E-state index contributed by atoms with van der Waals surface area (Å²) in [4.78, 5) is 25.7. The van der Waals surface area contributed by atoms with Gasteiger partial charge in [-0.25, -0.2) is 9.78 Å². The summed E-state index contributed by atoms with van der Waals surface area (Å²) < 4.78 is 1.39. The second-order valence-corrected chi connectivity index (χ2v) is 3.85. The Bertz CT molecular complexity index is 666. The minimum atomic E-state index is -0.457. The first-order valence-electron chi connectivity index (χ1n) is 5.59. The van der Waals surface area contributed by atoms with Crippen LogP contribution in [0.3, 0.4) is 0 Å². The Balaban J connectivity index is 2.46. The number of nitrogens with zero attached hydrogens (tertiary/aromatic N) is 3. The molecule has 0 aliphatic heterocycles. The Hall–Kier alpha value is -2.70. The van der Waals surface area contributed by atoms with Crippen LogP contribution < -0.4 is 11.0 Å². The monoisotopic (exact) mass is 260 g/mol.